The highest BCUT2D eigenvalue weighted by Crippen LogP contribution is 2.44. The number of aromatic hydroxyl groups is 1. The number of ketones is 1. The Balaban J connectivity index is 1.65. The SMILES string of the molecule is CCCOc1ccc(C(O)=C2C(=O)C(=O)N(c3nc4ccc(C)cc4s3)C2c2cccc(O)c2)cc1. The second kappa shape index (κ2) is 9.47. The van der Waals surface area contributed by atoms with E-state index in [4.69, 9.17) is 4.74 Å². The molecule has 1 unspecified atom stereocenters. The quantitative estimate of drug-likeness (QED) is 0.199. The van der Waals surface area contributed by atoms with E-state index in [0.29, 0.717) is 34.1 Å². The van der Waals surface area contributed by atoms with Crippen molar-refractivity contribution in [2.75, 3.05) is 11.5 Å². The summed E-state index contributed by atoms with van der Waals surface area (Å²) in [6.45, 7) is 4.54. The molecular formula is C28H24N2O5S. The van der Waals surface area contributed by atoms with Crippen LogP contribution in [0.15, 0.2) is 72.3 Å². The van der Waals surface area contributed by atoms with Gasteiger partial charge in [0.25, 0.3) is 5.78 Å². The molecule has 1 aliphatic heterocycles. The number of phenols is 1. The third-order valence-electron chi connectivity index (χ3n) is 5.97. The summed E-state index contributed by atoms with van der Waals surface area (Å²) in [5.74, 6) is -1.28. The van der Waals surface area contributed by atoms with Crippen LogP contribution < -0.4 is 9.64 Å². The number of aryl methyl sites for hydroxylation is 1. The fourth-order valence-electron chi connectivity index (χ4n) is 4.25. The zero-order chi connectivity index (χ0) is 25.4. The van der Waals surface area contributed by atoms with Gasteiger partial charge in [-0.3, -0.25) is 14.5 Å². The third kappa shape index (κ3) is 4.20. The molecule has 1 fully saturated rings. The Labute approximate surface area is 211 Å². The lowest BCUT2D eigenvalue weighted by Gasteiger charge is -2.23. The molecule has 36 heavy (non-hydrogen) atoms. The highest BCUT2D eigenvalue weighted by molar-refractivity contribution is 7.22. The molecule has 2 N–H and O–H groups in total. The number of Topliss-reactive ketones (excluding diaryl/α,β-unsaturated/α-hetero) is 1. The van der Waals surface area contributed by atoms with Gasteiger partial charge in [0.2, 0.25) is 0 Å². The maximum absolute atomic E-state index is 13.4. The number of aromatic nitrogens is 1. The van der Waals surface area contributed by atoms with E-state index in [1.165, 1.54) is 28.4 Å². The number of aliphatic hydroxyl groups excluding tert-OH is 1. The highest BCUT2D eigenvalue weighted by Gasteiger charge is 2.48. The predicted octanol–water partition coefficient (Wildman–Crippen LogP) is 5.73. The molecule has 5 rings (SSSR count). The summed E-state index contributed by atoms with van der Waals surface area (Å²) in [5, 5.41) is 21.8. The number of amides is 1. The summed E-state index contributed by atoms with van der Waals surface area (Å²) in [7, 11) is 0. The van der Waals surface area contributed by atoms with E-state index in [1.807, 2.05) is 32.0 Å². The maximum Gasteiger partial charge on any atom is 0.301 e. The van der Waals surface area contributed by atoms with Gasteiger partial charge in [-0.05, 0) is 73.0 Å². The fraction of sp³-hybridized carbons (Fsp3) is 0.179. The van der Waals surface area contributed by atoms with E-state index >= 15 is 0 Å². The Morgan fingerprint density at radius 1 is 1.08 bits per heavy atom. The standard InChI is InChI=1S/C28H24N2O5S/c1-3-13-35-20-10-8-17(9-11-20)25(32)23-24(18-5-4-6-19(31)15-18)30(27(34)26(23)33)28-29-21-12-7-16(2)14-22(21)36-28/h4-12,14-15,24,31-32H,3,13H2,1-2H3. The Kier molecular flexibility index (Phi) is 6.20. The first-order valence-corrected chi connectivity index (χ1v) is 12.4. The minimum atomic E-state index is -0.963. The van der Waals surface area contributed by atoms with E-state index in [9.17, 15) is 19.8 Å². The van der Waals surface area contributed by atoms with Crippen LogP contribution in [0.25, 0.3) is 16.0 Å². The van der Waals surface area contributed by atoms with Gasteiger partial charge in [-0.1, -0.05) is 36.5 Å². The predicted molar refractivity (Wildman–Crippen MR) is 139 cm³/mol. The Hall–Kier alpha value is -4.17. The number of rotatable bonds is 6. The Bertz CT molecular complexity index is 1510. The molecule has 0 spiro atoms. The number of nitrogens with zero attached hydrogens (tertiary/aromatic N) is 2. The summed E-state index contributed by atoms with van der Waals surface area (Å²) < 4.78 is 6.49. The van der Waals surface area contributed by atoms with Crippen molar-refractivity contribution >= 4 is 44.1 Å². The van der Waals surface area contributed by atoms with Crippen molar-refractivity contribution in [1.29, 1.82) is 0 Å². The molecule has 182 valence electrons. The number of carbonyl (C=O) groups is 2. The van der Waals surface area contributed by atoms with Gasteiger partial charge in [0.05, 0.1) is 28.4 Å². The number of phenolic OH excluding ortho intramolecular Hbond substituents is 1. The van der Waals surface area contributed by atoms with Gasteiger partial charge >= 0.3 is 5.91 Å². The summed E-state index contributed by atoms with van der Waals surface area (Å²) in [6.07, 6.45) is 0.862. The van der Waals surface area contributed by atoms with Crippen LogP contribution in [0.1, 0.15) is 36.1 Å². The van der Waals surface area contributed by atoms with Crippen molar-refractivity contribution < 1.29 is 24.5 Å². The molecule has 7 nitrogen and oxygen atoms in total. The average molecular weight is 501 g/mol. The fourth-order valence-corrected chi connectivity index (χ4v) is 5.34. The van der Waals surface area contributed by atoms with Crippen molar-refractivity contribution in [1.82, 2.24) is 4.98 Å². The van der Waals surface area contributed by atoms with Crippen LogP contribution in [0.4, 0.5) is 5.13 Å². The van der Waals surface area contributed by atoms with Crippen LogP contribution in [0.3, 0.4) is 0 Å². The van der Waals surface area contributed by atoms with E-state index in [1.54, 1.807) is 36.4 Å². The van der Waals surface area contributed by atoms with Crippen LogP contribution in [-0.4, -0.2) is 33.5 Å². The highest BCUT2D eigenvalue weighted by atomic mass is 32.1. The van der Waals surface area contributed by atoms with Gasteiger partial charge < -0.3 is 14.9 Å². The van der Waals surface area contributed by atoms with Gasteiger partial charge in [-0.25, -0.2) is 4.98 Å². The summed E-state index contributed by atoms with van der Waals surface area (Å²) in [4.78, 5) is 32.6. The normalized spacial score (nSPS) is 17.2. The van der Waals surface area contributed by atoms with Crippen molar-refractivity contribution in [2.45, 2.75) is 26.3 Å². The van der Waals surface area contributed by atoms with E-state index in [0.717, 1.165) is 16.7 Å². The maximum atomic E-state index is 13.4. The molecule has 4 aromatic rings. The molecule has 0 radical (unpaired) electrons. The van der Waals surface area contributed by atoms with Crippen LogP contribution >= 0.6 is 11.3 Å². The van der Waals surface area contributed by atoms with E-state index in [-0.39, 0.29) is 17.1 Å². The zero-order valence-electron chi connectivity index (χ0n) is 19.8. The second-order valence-corrected chi connectivity index (χ2v) is 9.61. The molecular weight excluding hydrogens is 476 g/mol. The molecule has 0 bridgehead atoms. The van der Waals surface area contributed by atoms with Crippen LogP contribution in [0.5, 0.6) is 11.5 Å². The minimum absolute atomic E-state index is 0.0181. The lowest BCUT2D eigenvalue weighted by molar-refractivity contribution is -0.132. The van der Waals surface area contributed by atoms with E-state index < -0.39 is 17.7 Å². The van der Waals surface area contributed by atoms with Crippen LogP contribution in [0, 0.1) is 6.92 Å². The number of anilines is 1. The summed E-state index contributed by atoms with van der Waals surface area (Å²) in [6, 6.07) is 17.8. The van der Waals surface area contributed by atoms with Crippen LogP contribution in [0.2, 0.25) is 0 Å². The lowest BCUT2D eigenvalue weighted by Crippen LogP contribution is -2.29. The molecule has 1 aliphatic rings. The van der Waals surface area contributed by atoms with Crippen molar-refractivity contribution in [3.8, 4) is 11.5 Å². The monoisotopic (exact) mass is 500 g/mol. The largest absolute Gasteiger partial charge is 0.508 e. The zero-order valence-corrected chi connectivity index (χ0v) is 20.6. The number of hydrogen-bond acceptors (Lipinski definition) is 7. The Morgan fingerprint density at radius 3 is 2.58 bits per heavy atom. The van der Waals surface area contributed by atoms with Gasteiger partial charge in [-0.2, -0.15) is 0 Å². The van der Waals surface area contributed by atoms with Gasteiger partial charge in [-0.15, -0.1) is 0 Å². The van der Waals surface area contributed by atoms with Gasteiger partial charge in [0.1, 0.15) is 17.3 Å². The van der Waals surface area contributed by atoms with E-state index in [2.05, 4.69) is 4.98 Å². The number of carbonyl (C=O) groups excluding carboxylic acids is 2. The molecule has 1 saturated heterocycles. The number of ether oxygens (including phenoxy) is 1. The first kappa shape index (κ1) is 23.6. The third-order valence-corrected chi connectivity index (χ3v) is 6.99. The van der Waals surface area contributed by atoms with Crippen molar-refractivity contribution in [2.24, 2.45) is 0 Å². The number of thiazole rings is 1. The minimum Gasteiger partial charge on any atom is -0.508 e. The summed E-state index contributed by atoms with van der Waals surface area (Å²) in [5.41, 5.74) is 2.55. The second-order valence-electron chi connectivity index (χ2n) is 8.60. The van der Waals surface area contributed by atoms with Gasteiger partial charge in [0.15, 0.2) is 5.13 Å². The van der Waals surface area contributed by atoms with Crippen molar-refractivity contribution in [3.63, 3.8) is 0 Å². The van der Waals surface area contributed by atoms with Crippen LogP contribution in [-0.2, 0) is 9.59 Å². The number of benzene rings is 3. The molecule has 8 heteroatoms. The lowest BCUT2D eigenvalue weighted by atomic mass is 9.95. The Morgan fingerprint density at radius 2 is 1.86 bits per heavy atom. The molecule has 1 aromatic heterocycles. The number of aliphatic hydroxyl groups is 1. The van der Waals surface area contributed by atoms with Crippen molar-refractivity contribution in [3.05, 3.63) is 89.0 Å². The number of hydrogen-bond donors (Lipinski definition) is 2. The van der Waals surface area contributed by atoms with Gasteiger partial charge in [0, 0.05) is 5.56 Å². The first-order chi connectivity index (χ1) is 17.4. The molecule has 2 heterocycles. The molecule has 1 atom stereocenters. The molecule has 1 amide bonds. The smallest absolute Gasteiger partial charge is 0.301 e. The topological polar surface area (TPSA) is 100.0 Å². The summed E-state index contributed by atoms with van der Waals surface area (Å²) >= 11 is 1.29. The molecule has 3 aromatic carbocycles. The first-order valence-electron chi connectivity index (χ1n) is 11.6. The molecule has 0 saturated carbocycles. The number of fused-ring (bicyclic) bond motifs is 1. The average Bonchev–Trinajstić information content (AvgIpc) is 3.40. The molecule has 0 aliphatic carbocycles.